The molecule has 0 aliphatic rings. The maximum Gasteiger partial charge on any atom is 0.165 e. The quantitative estimate of drug-likeness (QED) is 0.838. The largest absolute Gasteiger partial charge is 0.494 e. The Balaban J connectivity index is 3.07. The SMILES string of the molecule is CCC(O)(COC)c1ccc(OC)c(F)c1. The van der Waals surface area contributed by atoms with Gasteiger partial charge in [-0.2, -0.15) is 0 Å². The first-order valence-corrected chi connectivity index (χ1v) is 5.12. The first kappa shape index (κ1) is 12.9. The van der Waals surface area contributed by atoms with E-state index in [4.69, 9.17) is 9.47 Å². The third-order valence-electron chi connectivity index (χ3n) is 2.66. The first-order valence-electron chi connectivity index (χ1n) is 5.12. The third kappa shape index (κ3) is 2.51. The van der Waals surface area contributed by atoms with Crippen LogP contribution in [0.15, 0.2) is 18.2 Å². The fourth-order valence-electron chi connectivity index (χ4n) is 1.58. The molecule has 0 radical (unpaired) electrons. The van der Waals surface area contributed by atoms with Gasteiger partial charge in [0.2, 0.25) is 0 Å². The molecule has 90 valence electrons. The Morgan fingerprint density at radius 1 is 1.38 bits per heavy atom. The lowest BCUT2D eigenvalue weighted by molar-refractivity contribution is -0.0388. The van der Waals surface area contributed by atoms with E-state index < -0.39 is 11.4 Å². The van der Waals surface area contributed by atoms with Crippen LogP contribution in [-0.4, -0.2) is 25.9 Å². The zero-order valence-corrected chi connectivity index (χ0v) is 9.79. The summed E-state index contributed by atoms with van der Waals surface area (Å²) >= 11 is 0. The molecule has 1 unspecified atom stereocenters. The second-order valence-electron chi connectivity index (χ2n) is 3.67. The average molecular weight is 228 g/mol. The van der Waals surface area contributed by atoms with E-state index in [1.165, 1.54) is 26.4 Å². The first-order chi connectivity index (χ1) is 7.57. The summed E-state index contributed by atoms with van der Waals surface area (Å²) in [5, 5.41) is 10.2. The summed E-state index contributed by atoms with van der Waals surface area (Å²) in [6.45, 7) is 1.95. The number of rotatable bonds is 5. The highest BCUT2D eigenvalue weighted by Gasteiger charge is 2.28. The lowest BCUT2D eigenvalue weighted by Gasteiger charge is -2.26. The van der Waals surface area contributed by atoms with Crippen molar-refractivity contribution >= 4 is 0 Å². The normalized spacial score (nSPS) is 14.6. The van der Waals surface area contributed by atoms with Crippen molar-refractivity contribution in [2.45, 2.75) is 18.9 Å². The van der Waals surface area contributed by atoms with E-state index in [9.17, 15) is 9.50 Å². The van der Waals surface area contributed by atoms with Crippen molar-refractivity contribution in [3.63, 3.8) is 0 Å². The molecule has 1 aromatic carbocycles. The van der Waals surface area contributed by atoms with Crippen LogP contribution in [0.2, 0.25) is 0 Å². The number of hydrogen-bond acceptors (Lipinski definition) is 3. The van der Waals surface area contributed by atoms with Gasteiger partial charge in [-0.25, -0.2) is 4.39 Å². The van der Waals surface area contributed by atoms with Gasteiger partial charge in [0.25, 0.3) is 0 Å². The summed E-state index contributed by atoms with van der Waals surface area (Å²) in [6, 6.07) is 4.42. The summed E-state index contributed by atoms with van der Waals surface area (Å²) in [4.78, 5) is 0. The van der Waals surface area contributed by atoms with Gasteiger partial charge in [-0.1, -0.05) is 13.0 Å². The van der Waals surface area contributed by atoms with Gasteiger partial charge in [-0.05, 0) is 24.1 Å². The zero-order chi connectivity index (χ0) is 12.2. The summed E-state index contributed by atoms with van der Waals surface area (Å²) in [6.07, 6.45) is 0.451. The molecule has 0 aliphatic heterocycles. The van der Waals surface area contributed by atoms with Crippen LogP contribution in [0.1, 0.15) is 18.9 Å². The molecule has 0 saturated heterocycles. The summed E-state index contributed by atoms with van der Waals surface area (Å²) in [5.74, 6) is -0.317. The van der Waals surface area contributed by atoms with E-state index in [0.717, 1.165) is 0 Å². The number of methoxy groups -OCH3 is 2. The fourth-order valence-corrected chi connectivity index (χ4v) is 1.58. The molecule has 1 rings (SSSR count). The van der Waals surface area contributed by atoms with Crippen molar-refractivity contribution in [1.29, 1.82) is 0 Å². The Hall–Kier alpha value is -1.13. The molecular formula is C12H17FO3. The van der Waals surface area contributed by atoms with Crippen LogP contribution in [0.5, 0.6) is 5.75 Å². The number of benzene rings is 1. The monoisotopic (exact) mass is 228 g/mol. The minimum absolute atomic E-state index is 0.134. The van der Waals surface area contributed by atoms with Gasteiger partial charge in [0.15, 0.2) is 11.6 Å². The minimum Gasteiger partial charge on any atom is -0.494 e. The molecule has 1 aromatic rings. The molecular weight excluding hydrogens is 211 g/mol. The molecule has 0 amide bonds. The second-order valence-corrected chi connectivity index (χ2v) is 3.67. The van der Waals surface area contributed by atoms with Gasteiger partial charge >= 0.3 is 0 Å². The Morgan fingerprint density at radius 3 is 2.50 bits per heavy atom. The van der Waals surface area contributed by atoms with E-state index in [-0.39, 0.29) is 12.4 Å². The number of ether oxygens (including phenoxy) is 2. The van der Waals surface area contributed by atoms with Crippen LogP contribution in [0.25, 0.3) is 0 Å². The van der Waals surface area contributed by atoms with Gasteiger partial charge in [0, 0.05) is 7.11 Å². The Kier molecular flexibility index (Phi) is 4.26. The topological polar surface area (TPSA) is 38.7 Å². The summed E-state index contributed by atoms with van der Waals surface area (Å²) in [5.41, 5.74) is -0.655. The van der Waals surface area contributed by atoms with Crippen molar-refractivity contribution in [3.05, 3.63) is 29.6 Å². The Bertz CT molecular complexity index is 354. The molecule has 0 saturated carbocycles. The molecule has 1 atom stereocenters. The van der Waals surface area contributed by atoms with Crippen molar-refractivity contribution in [1.82, 2.24) is 0 Å². The zero-order valence-electron chi connectivity index (χ0n) is 9.79. The van der Waals surface area contributed by atoms with E-state index in [1.807, 2.05) is 6.92 Å². The van der Waals surface area contributed by atoms with E-state index in [1.54, 1.807) is 6.07 Å². The Morgan fingerprint density at radius 2 is 2.06 bits per heavy atom. The lowest BCUT2D eigenvalue weighted by Crippen LogP contribution is -2.30. The van der Waals surface area contributed by atoms with E-state index in [2.05, 4.69) is 0 Å². The van der Waals surface area contributed by atoms with Gasteiger partial charge in [-0.15, -0.1) is 0 Å². The predicted octanol–water partition coefficient (Wildman–Crippen LogP) is 2.08. The highest BCUT2D eigenvalue weighted by Crippen LogP contribution is 2.28. The Labute approximate surface area is 94.8 Å². The van der Waals surface area contributed by atoms with Gasteiger partial charge in [0.05, 0.1) is 13.7 Å². The minimum atomic E-state index is -1.15. The smallest absolute Gasteiger partial charge is 0.165 e. The lowest BCUT2D eigenvalue weighted by atomic mass is 9.92. The van der Waals surface area contributed by atoms with Crippen molar-refractivity contribution in [2.75, 3.05) is 20.8 Å². The van der Waals surface area contributed by atoms with E-state index in [0.29, 0.717) is 12.0 Å². The molecule has 0 spiro atoms. The van der Waals surface area contributed by atoms with Gasteiger partial charge < -0.3 is 14.6 Å². The number of aliphatic hydroxyl groups is 1. The summed E-state index contributed by atoms with van der Waals surface area (Å²) in [7, 11) is 2.90. The van der Waals surface area contributed by atoms with Crippen LogP contribution < -0.4 is 4.74 Å². The maximum absolute atomic E-state index is 13.5. The molecule has 4 heteroatoms. The van der Waals surface area contributed by atoms with Gasteiger partial charge in [-0.3, -0.25) is 0 Å². The van der Waals surface area contributed by atoms with Crippen molar-refractivity contribution in [2.24, 2.45) is 0 Å². The number of hydrogen-bond donors (Lipinski definition) is 1. The summed E-state index contributed by atoms with van der Waals surface area (Å²) < 4.78 is 23.2. The van der Waals surface area contributed by atoms with Crippen LogP contribution in [0.4, 0.5) is 4.39 Å². The molecule has 0 bridgehead atoms. The van der Waals surface area contributed by atoms with E-state index >= 15 is 0 Å². The molecule has 3 nitrogen and oxygen atoms in total. The highest BCUT2D eigenvalue weighted by atomic mass is 19.1. The molecule has 0 heterocycles. The van der Waals surface area contributed by atoms with Crippen LogP contribution >= 0.6 is 0 Å². The standard InChI is InChI=1S/C12H17FO3/c1-4-12(14,8-15-2)9-5-6-11(16-3)10(13)7-9/h5-7,14H,4,8H2,1-3H3. The fraction of sp³-hybridized carbons (Fsp3) is 0.500. The predicted molar refractivity (Wildman–Crippen MR) is 59.0 cm³/mol. The molecule has 16 heavy (non-hydrogen) atoms. The second kappa shape index (κ2) is 5.27. The van der Waals surface area contributed by atoms with Gasteiger partial charge in [0.1, 0.15) is 5.60 Å². The molecule has 0 fully saturated rings. The molecule has 0 aromatic heterocycles. The maximum atomic E-state index is 13.5. The number of halogens is 1. The van der Waals surface area contributed by atoms with Crippen molar-refractivity contribution < 1.29 is 19.0 Å². The van der Waals surface area contributed by atoms with Crippen molar-refractivity contribution in [3.8, 4) is 5.75 Å². The molecule has 1 N–H and O–H groups in total. The third-order valence-corrected chi connectivity index (χ3v) is 2.66. The van der Waals surface area contributed by atoms with Crippen LogP contribution in [0.3, 0.4) is 0 Å². The molecule has 0 aliphatic carbocycles. The van der Waals surface area contributed by atoms with Crippen LogP contribution in [-0.2, 0) is 10.3 Å². The average Bonchev–Trinajstić information content (AvgIpc) is 2.29. The highest BCUT2D eigenvalue weighted by molar-refractivity contribution is 5.32. The van der Waals surface area contributed by atoms with Crippen LogP contribution in [0, 0.1) is 5.82 Å².